The highest BCUT2D eigenvalue weighted by Gasteiger charge is 2.54. The first-order valence-electron chi connectivity index (χ1n) is 11.2. The summed E-state index contributed by atoms with van der Waals surface area (Å²) in [5.74, 6) is -0.600. The molecule has 0 bridgehead atoms. The topological polar surface area (TPSA) is 96.0 Å². The van der Waals surface area contributed by atoms with Crippen LogP contribution >= 0.6 is 0 Å². The van der Waals surface area contributed by atoms with Gasteiger partial charge in [-0.2, -0.15) is 0 Å². The van der Waals surface area contributed by atoms with Gasteiger partial charge in [0.1, 0.15) is 18.1 Å². The predicted octanol–water partition coefficient (Wildman–Crippen LogP) is 2.46. The molecule has 2 saturated heterocycles. The number of nitrogens with one attached hydrogen (secondary N) is 1. The number of piperidine rings is 1. The Morgan fingerprint density at radius 3 is 2.40 bits per heavy atom. The Labute approximate surface area is 178 Å². The second-order valence-corrected chi connectivity index (χ2v) is 9.89. The highest BCUT2D eigenvalue weighted by molar-refractivity contribution is 6.09. The van der Waals surface area contributed by atoms with E-state index in [1.165, 1.54) is 4.90 Å². The molecule has 0 radical (unpaired) electrons. The van der Waals surface area contributed by atoms with Gasteiger partial charge in [0.15, 0.2) is 0 Å². The number of hydrogen-bond acceptors (Lipinski definition) is 5. The summed E-state index contributed by atoms with van der Waals surface area (Å²) in [5, 5.41) is 2.88. The Hall–Kier alpha value is -2.12. The molecular formula is C22H35N3O5. The van der Waals surface area contributed by atoms with Crippen LogP contribution in [0.3, 0.4) is 0 Å². The van der Waals surface area contributed by atoms with Gasteiger partial charge in [0.25, 0.3) is 5.91 Å². The molecule has 30 heavy (non-hydrogen) atoms. The summed E-state index contributed by atoms with van der Waals surface area (Å²) < 4.78 is 5.11. The normalized spacial score (nSPS) is 29.9. The van der Waals surface area contributed by atoms with Crippen LogP contribution in [-0.4, -0.2) is 64.9 Å². The lowest BCUT2D eigenvalue weighted by atomic mass is 9.67. The van der Waals surface area contributed by atoms with Crippen LogP contribution in [0.2, 0.25) is 0 Å². The molecule has 1 unspecified atom stereocenters. The van der Waals surface area contributed by atoms with E-state index in [1.54, 1.807) is 6.92 Å². The third-order valence-corrected chi connectivity index (χ3v) is 6.98. The second-order valence-electron chi connectivity index (χ2n) is 9.89. The van der Waals surface area contributed by atoms with E-state index in [0.29, 0.717) is 31.7 Å². The molecule has 2 heterocycles. The number of ether oxygens (including phenoxy) is 1. The number of nitrogens with zero attached hydrogens (tertiary/aromatic N) is 2. The van der Waals surface area contributed by atoms with Crippen LogP contribution in [-0.2, 0) is 19.1 Å². The second kappa shape index (κ2) is 8.55. The molecule has 8 heteroatoms. The average molecular weight is 422 g/mol. The number of imide groups is 1. The van der Waals surface area contributed by atoms with Gasteiger partial charge in [-0.3, -0.25) is 14.5 Å². The lowest BCUT2D eigenvalue weighted by molar-refractivity contribution is -0.157. The van der Waals surface area contributed by atoms with Crippen LogP contribution in [0.4, 0.5) is 4.79 Å². The first-order valence-corrected chi connectivity index (χ1v) is 11.2. The molecule has 1 saturated carbocycles. The van der Waals surface area contributed by atoms with Crippen LogP contribution in [0.25, 0.3) is 0 Å². The Morgan fingerprint density at radius 1 is 1.13 bits per heavy atom. The Bertz CT molecular complexity index is 706. The van der Waals surface area contributed by atoms with Crippen LogP contribution in [0.15, 0.2) is 0 Å². The zero-order chi connectivity index (χ0) is 22.1. The summed E-state index contributed by atoms with van der Waals surface area (Å²) in [5.41, 5.74) is -0.721. The first-order chi connectivity index (χ1) is 14.1. The van der Waals surface area contributed by atoms with Crippen molar-refractivity contribution in [1.29, 1.82) is 0 Å². The van der Waals surface area contributed by atoms with Crippen molar-refractivity contribution in [2.75, 3.05) is 19.7 Å². The van der Waals surface area contributed by atoms with Crippen LogP contribution in [0, 0.1) is 11.3 Å². The summed E-state index contributed by atoms with van der Waals surface area (Å²) >= 11 is 0. The maximum absolute atomic E-state index is 13.2. The van der Waals surface area contributed by atoms with E-state index in [-0.39, 0.29) is 30.4 Å². The van der Waals surface area contributed by atoms with E-state index < -0.39 is 23.6 Å². The quantitative estimate of drug-likeness (QED) is 0.556. The monoisotopic (exact) mass is 421 g/mol. The molecule has 0 aromatic rings. The molecule has 1 N–H and O–H groups in total. The van der Waals surface area contributed by atoms with Crippen molar-refractivity contribution in [3.63, 3.8) is 0 Å². The summed E-state index contributed by atoms with van der Waals surface area (Å²) in [7, 11) is 0. The van der Waals surface area contributed by atoms with E-state index in [1.807, 2.05) is 0 Å². The van der Waals surface area contributed by atoms with E-state index in [9.17, 15) is 19.2 Å². The third-order valence-electron chi connectivity index (χ3n) is 6.98. The van der Waals surface area contributed by atoms with Gasteiger partial charge in [-0.25, -0.2) is 9.59 Å². The summed E-state index contributed by atoms with van der Waals surface area (Å²) in [6.45, 7) is 8.70. The predicted molar refractivity (Wildman–Crippen MR) is 110 cm³/mol. The fraction of sp³-hybridized carbons (Fsp3) is 0.818. The molecule has 0 aromatic carbocycles. The van der Waals surface area contributed by atoms with Crippen LogP contribution in [0.1, 0.15) is 72.6 Å². The Kier molecular flexibility index (Phi) is 6.43. The molecule has 168 valence electrons. The van der Waals surface area contributed by atoms with Crippen molar-refractivity contribution in [3.05, 3.63) is 0 Å². The van der Waals surface area contributed by atoms with Crippen molar-refractivity contribution in [2.45, 2.75) is 84.2 Å². The smallest absolute Gasteiger partial charge is 0.328 e. The van der Waals surface area contributed by atoms with Gasteiger partial charge < -0.3 is 15.0 Å². The zero-order valence-corrected chi connectivity index (χ0v) is 18.7. The first kappa shape index (κ1) is 22.6. The fourth-order valence-corrected chi connectivity index (χ4v) is 5.07. The van der Waals surface area contributed by atoms with E-state index in [0.717, 1.165) is 30.6 Å². The Morgan fingerprint density at radius 2 is 1.80 bits per heavy atom. The lowest BCUT2D eigenvalue weighted by Gasteiger charge is -2.40. The molecular weight excluding hydrogens is 386 g/mol. The molecule has 0 aromatic heterocycles. The molecule has 1 spiro atoms. The Balaban J connectivity index is 1.67. The molecule has 2 aliphatic heterocycles. The molecule has 8 nitrogen and oxygen atoms in total. The summed E-state index contributed by atoms with van der Waals surface area (Å²) in [6, 6.07) is -1.14. The van der Waals surface area contributed by atoms with E-state index >= 15 is 0 Å². The zero-order valence-electron chi connectivity index (χ0n) is 18.7. The minimum atomic E-state index is -0.887. The van der Waals surface area contributed by atoms with Crippen molar-refractivity contribution in [2.24, 2.45) is 11.3 Å². The van der Waals surface area contributed by atoms with Crippen molar-refractivity contribution < 1.29 is 23.9 Å². The highest BCUT2D eigenvalue weighted by atomic mass is 16.5. The summed E-state index contributed by atoms with van der Waals surface area (Å²) in [4.78, 5) is 53.5. The number of hydrogen-bond donors (Lipinski definition) is 1. The number of esters is 1. The molecule has 1 aliphatic carbocycles. The largest absolute Gasteiger partial charge is 0.464 e. The van der Waals surface area contributed by atoms with Crippen LogP contribution < -0.4 is 5.32 Å². The molecule has 1 atom stereocenters. The van der Waals surface area contributed by atoms with Gasteiger partial charge in [-0.15, -0.1) is 0 Å². The minimum absolute atomic E-state index is 0.166. The van der Waals surface area contributed by atoms with Crippen LogP contribution in [0.5, 0.6) is 0 Å². The summed E-state index contributed by atoms with van der Waals surface area (Å²) in [6.07, 6.45) is 5.11. The highest BCUT2D eigenvalue weighted by Crippen LogP contribution is 2.43. The van der Waals surface area contributed by atoms with E-state index in [4.69, 9.17) is 4.74 Å². The SMILES string of the molecule is CCOC(=O)C1CCCCN1C(=O)CN1C(=O)NC2(CCC(C(C)(C)C)CC2)C1=O. The number of likely N-dealkylation sites (tertiary alicyclic amines) is 1. The third kappa shape index (κ3) is 4.32. The van der Waals surface area contributed by atoms with Gasteiger partial charge in [0.05, 0.1) is 6.61 Å². The number of amides is 4. The molecule has 3 aliphatic rings. The van der Waals surface area contributed by atoms with Gasteiger partial charge in [-0.05, 0) is 63.2 Å². The fourth-order valence-electron chi connectivity index (χ4n) is 5.07. The number of rotatable bonds is 4. The van der Waals surface area contributed by atoms with Gasteiger partial charge in [0, 0.05) is 6.54 Å². The number of carbonyl (C=O) groups excluding carboxylic acids is 4. The molecule has 3 fully saturated rings. The lowest BCUT2D eigenvalue weighted by Crippen LogP contribution is -2.53. The van der Waals surface area contributed by atoms with Gasteiger partial charge in [-0.1, -0.05) is 20.8 Å². The number of urea groups is 1. The maximum atomic E-state index is 13.2. The molecule has 3 rings (SSSR count). The van der Waals surface area contributed by atoms with Crippen molar-refractivity contribution >= 4 is 23.8 Å². The molecule has 4 amide bonds. The van der Waals surface area contributed by atoms with Gasteiger partial charge in [0.2, 0.25) is 5.91 Å². The van der Waals surface area contributed by atoms with Crippen molar-refractivity contribution in [3.8, 4) is 0 Å². The standard InChI is InChI=1S/C22H35N3O5/c1-5-30-18(27)16-8-6-7-13-24(16)17(26)14-25-19(28)22(23-20(25)29)11-9-15(10-12-22)21(2,3)4/h15-16H,5-14H2,1-4H3,(H,23,29). The number of carbonyl (C=O) groups is 4. The van der Waals surface area contributed by atoms with Crippen molar-refractivity contribution in [1.82, 2.24) is 15.1 Å². The maximum Gasteiger partial charge on any atom is 0.328 e. The van der Waals surface area contributed by atoms with E-state index in [2.05, 4.69) is 26.1 Å². The van der Waals surface area contributed by atoms with Gasteiger partial charge >= 0.3 is 12.0 Å². The minimum Gasteiger partial charge on any atom is -0.464 e. The average Bonchev–Trinajstić information content (AvgIpc) is 2.91.